The molecule has 2 rings (SSSR count). The Morgan fingerprint density at radius 2 is 1.78 bits per heavy atom. The second-order valence-electron chi connectivity index (χ2n) is 5.77. The van der Waals surface area contributed by atoms with Gasteiger partial charge in [-0.25, -0.2) is 8.42 Å². The summed E-state index contributed by atoms with van der Waals surface area (Å²) in [4.78, 5) is 12.8. The molecule has 0 amide bonds. The van der Waals surface area contributed by atoms with Crippen LogP contribution >= 0.6 is 0 Å². The zero-order chi connectivity index (χ0) is 17.0. The van der Waals surface area contributed by atoms with Gasteiger partial charge in [-0.3, -0.25) is 10.0 Å². The summed E-state index contributed by atoms with van der Waals surface area (Å²) < 4.78 is 24.7. The van der Waals surface area contributed by atoms with Crippen LogP contribution in [0.2, 0.25) is 0 Å². The zero-order valence-electron chi connectivity index (χ0n) is 13.1. The molecule has 1 aromatic rings. The first kappa shape index (κ1) is 17.7. The van der Waals surface area contributed by atoms with Crippen molar-refractivity contribution in [2.75, 3.05) is 18.0 Å². The van der Waals surface area contributed by atoms with Gasteiger partial charge in [-0.2, -0.15) is 0 Å². The number of hydrogen-bond donors (Lipinski definition) is 2. The van der Waals surface area contributed by atoms with Crippen LogP contribution in [0.3, 0.4) is 0 Å². The Hall–Kier alpha value is -1.64. The zero-order valence-corrected chi connectivity index (χ0v) is 13.9. The molecule has 1 atom stereocenters. The number of sulfonamides is 1. The molecule has 1 aromatic carbocycles. The Morgan fingerprint density at radius 1 is 1.22 bits per heavy atom. The summed E-state index contributed by atoms with van der Waals surface area (Å²) in [6.07, 6.45) is 2.99. The van der Waals surface area contributed by atoms with Crippen molar-refractivity contribution in [3.05, 3.63) is 24.3 Å². The van der Waals surface area contributed by atoms with Gasteiger partial charge in [0.2, 0.25) is 0 Å². The van der Waals surface area contributed by atoms with Crippen molar-refractivity contribution in [2.45, 2.75) is 43.5 Å². The summed E-state index contributed by atoms with van der Waals surface area (Å²) >= 11 is 0. The van der Waals surface area contributed by atoms with E-state index in [1.807, 2.05) is 0 Å². The highest BCUT2D eigenvalue weighted by molar-refractivity contribution is 7.89. The minimum absolute atomic E-state index is 0.0574. The summed E-state index contributed by atoms with van der Waals surface area (Å²) in [5.74, 6) is -1.17. The lowest BCUT2D eigenvalue weighted by molar-refractivity contribution is -0.140. The normalized spacial score (nSPS) is 17.3. The van der Waals surface area contributed by atoms with Crippen LogP contribution in [0.15, 0.2) is 29.2 Å². The number of aliphatic carboxylic acids is 1. The maximum Gasteiger partial charge on any atom is 0.305 e. The molecule has 1 aliphatic heterocycles. The molecule has 8 heteroatoms. The van der Waals surface area contributed by atoms with E-state index in [9.17, 15) is 18.4 Å². The van der Waals surface area contributed by atoms with Crippen molar-refractivity contribution in [1.82, 2.24) is 4.47 Å². The number of benzene rings is 1. The smallest absolute Gasteiger partial charge is 0.305 e. The second kappa shape index (κ2) is 7.29. The number of carbonyl (C=O) groups is 1. The quantitative estimate of drug-likeness (QED) is 0.767. The molecular weight excluding hydrogens is 320 g/mol. The average Bonchev–Trinajstić information content (AvgIpc) is 2.54. The van der Waals surface area contributed by atoms with Crippen LogP contribution in [0, 0.1) is 0 Å². The van der Waals surface area contributed by atoms with Gasteiger partial charge in [-0.1, -0.05) is 4.47 Å². The number of rotatable bonds is 6. The predicted octanol–water partition coefficient (Wildman–Crippen LogP) is 1.92. The highest BCUT2D eigenvalue weighted by Gasteiger charge is 2.29. The van der Waals surface area contributed by atoms with Crippen LogP contribution in [0.1, 0.15) is 32.6 Å². The molecule has 2 N–H and O–H groups in total. The Labute approximate surface area is 136 Å². The fourth-order valence-electron chi connectivity index (χ4n) is 2.66. The topological polar surface area (TPSA) is 98.1 Å². The lowest BCUT2D eigenvalue weighted by Gasteiger charge is -2.29. The third-order valence-electron chi connectivity index (χ3n) is 3.95. The minimum Gasteiger partial charge on any atom is -0.481 e. The summed E-state index contributed by atoms with van der Waals surface area (Å²) in [6.45, 7) is 3.25. The Bertz CT molecular complexity index is 638. The SMILES string of the molecule is CC(CC(=O)O)N(O)S(=O)(=O)c1ccc(N2CCCCC2)cc1. The van der Waals surface area contributed by atoms with Crippen molar-refractivity contribution in [3.63, 3.8) is 0 Å². The molecule has 0 bridgehead atoms. The van der Waals surface area contributed by atoms with Gasteiger partial charge in [-0.05, 0) is 50.5 Å². The standard InChI is InChI=1S/C15H22N2O5S/c1-12(11-15(18)19)17(20)23(21,22)14-7-5-13(6-8-14)16-9-3-2-4-10-16/h5-8,12,20H,2-4,9-11H2,1H3,(H,18,19). The molecule has 1 aliphatic rings. The summed E-state index contributed by atoms with van der Waals surface area (Å²) in [5, 5.41) is 18.5. The van der Waals surface area contributed by atoms with Gasteiger partial charge < -0.3 is 10.0 Å². The van der Waals surface area contributed by atoms with Crippen LogP contribution in [0.5, 0.6) is 0 Å². The molecule has 0 spiro atoms. The molecule has 0 aliphatic carbocycles. The molecule has 1 fully saturated rings. The van der Waals surface area contributed by atoms with Crippen LogP contribution in [0.4, 0.5) is 5.69 Å². The number of nitrogens with zero attached hydrogens (tertiary/aromatic N) is 2. The lowest BCUT2D eigenvalue weighted by Crippen LogP contribution is -2.37. The predicted molar refractivity (Wildman–Crippen MR) is 85.0 cm³/mol. The molecule has 23 heavy (non-hydrogen) atoms. The van der Waals surface area contributed by atoms with Gasteiger partial charge >= 0.3 is 5.97 Å². The van der Waals surface area contributed by atoms with Gasteiger partial charge in [-0.15, -0.1) is 0 Å². The van der Waals surface area contributed by atoms with Gasteiger partial charge in [0.1, 0.15) is 0 Å². The number of anilines is 1. The van der Waals surface area contributed by atoms with Gasteiger partial charge in [0.15, 0.2) is 0 Å². The Balaban J connectivity index is 2.14. The minimum atomic E-state index is -4.12. The fourth-order valence-corrected chi connectivity index (χ4v) is 3.90. The first-order valence-corrected chi connectivity index (χ1v) is 9.06. The van der Waals surface area contributed by atoms with Crippen molar-refractivity contribution in [2.24, 2.45) is 0 Å². The summed E-state index contributed by atoms with van der Waals surface area (Å²) in [5.41, 5.74) is 0.951. The van der Waals surface area contributed by atoms with Gasteiger partial charge in [0.05, 0.1) is 17.4 Å². The highest BCUT2D eigenvalue weighted by Crippen LogP contribution is 2.24. The van der Waals surface area contributed by atoms with Crippen LogP contribution in [0.25, 0.3) is 0 Å². The first-order chi connectivity index (χ1) is 10.8. The molecule has 128 valence electrons. The molecule has 0 aromatic heterocycles. The monoisotopic (exact) mass is 342 g/mol. The van der Waals surface area contributed by atoms with E-state index in [1.165, 1.54) is 25.5 Å². The molecule has 1 saturated heterocycles. The van der Waals surface area contributed by atoms with Gasteiger partial charge in [0.25, 0.3) is 10.0 Å². The number of carboxylic acid groups (broad SMARTS) is 1. The third-order valence-corrected chi connectivity index (χ3v) is 5.67. The third kappa shape index (κ3) is 4.21. The van der Waals surface area contributed by atoms with E-state index in [4.69, 9.17) is 5.11 Å². The van der Waals surface area contributed by atoms with E-state index in [0.29, 0.717) is 0 Å². The van der Waals surface area contributed by atoms with Crippen molar-refractivity contribution >= 4 is 21.7 Å². The van der Waals surface area contributed by atoms with Crippen molar-refractivity contribution < 1.29 is 23.5 Å². The first-order valence-electron chi connectivity index (χ1n) is 7.62. The van der Waals surface area contributed by atoms with Crippen molar-refractivity contribution in [3.8, 4) is 0 Å². The van der Waals surface area contributed by atoms with Gasteiger partial charge in [0, 0.05) is 18.8 Å². The van der Waals surface area contributed by atoms with E-state index < -0.39 is 28.5 Å². The number of hydrogen-bond acceptors (Lipinski definition) is 5. The largest absolute Gasteiger partial charge is 0.481 e. The molecule has 7 nitrogen and oxygen atoms in total. The second-order valence-corrected chi connectivity index (χ2v) is 7.56. The van der Waals surface area contributed by atoms with E-state index in [-0.39, 0.29) is 9.36 Å². The summed E-state index contributed by atoms with van der Waals surface area (Å²) in [6, 6.07) is 5.27. The van der Waals surface area contributed by atoms with E-state index >= 15 is 0 Å². The maximum atomic E-state index is 12.3. The summed E-state index contributed by atoms with van der Waals surface area (Å²) in [7, 11) is -4.12. The Kier molecular flexibility index (Phi) is 5.61. The fraction of sp³-hybridized carbons (Fsp3) is 0.533. The van der Waals surface area contributed by atoms with E-state index in [2.05, 4.69) is 4.90 Å². The van der Waals surface area contributed by atoms with E-state index in [0.717, 1.165) is 31.6 Å². The lowest BCUT2D eigenvalue weighted by atomic mass is 10.1. The number of carboxylic acids is 1. The highest BCUT2D eigenvalue weighted by atomic mass is 32.2. The van der Waals surface area contributed by atoms with Crippen LogP contribution in [-0.4, -0.2) is 48.3 Å². The Morgan fingerprint density at radius 3 is 2.30 bits per heavy atom. The molecular formula is C15H22N2O5S. The molecule has 1 heterocycles. The van der Waals surface area contributed by atoms with E-state index in [1.54, 1.807) is 12.1 Å². The molecule has 1 unspecified atom stereocenters. The molecule has 0 radical (unpaired) electrons. The van der Waals surface area contributed by atoms with Crippen LogP contribution < -0.4 is 4.90 Å². The van der Waals surface area contributed by atoms with Crippen LogP contribution in [-0.2, 0) is 14.8 Å². The maximum absolute atomic E-state index is 12.3. The average molecular weight is 342 g/mol. The molecule has 0 saturated carbocycles. The number of hydroxylamine groups is 1. The number of piperidine rings is 1. The van der Waals surface area contributed by atoms with Crippen molar-refractivity contribution in [1.29, 1.82) is 0 Å².